The highest BCUT2D eigenvalue weighted by Gasteiger charge is 2.36. The highest BCUT2D eigenvalue weighted by atomic mass is 32.2. The largest absolute Gasteiger partial charge is 0.375 e. The molecule has 1 aliphatic carbocycles. The van der Waals surface area contributed by atoms with E-state index >= 15 is 0 Å². The van der Waals surface area contributed by atoms with Gasteiger partial charge in [-0.25, -0.2) is 22.2 Å². The fraction of sp³-hybridized carbons (Fsp3) is 0.393. The average Bonchev–Trinajstić information content (AvgIpc) is 3.26. The van der Waals surface area contributed by atoms with Gasteiger partial charge in [-0.2, -0.15) is 9.61 Å². The minimum atomic E-state index is -3.12. The number of hydrogen-bond acceptors (Lipinski definition) is 8. The summed E-state index contributed by atoms with van der Waals surface area (Å²) in [5, 5.41) is 7.79. The molecule has 1 aromatic carbocycles. The fourth-order valence-electron chi connectivity index (χ4n) is 5.47. The molecule has 1 saturated carbocycles. The number of anilines is 2. The van der Waals surface area contributed by atoms with Crippen LogP contribution in [-0.2, 0) is 14.6 Å². The smallest absolute Gasteiger partial charge is 0.229 e. The lowest BCUT2D eigenvalue weighted by atomic mass is 9.74. The number of halogens is 2. The van der Waals surface area contributed by atoms with Gasteiger partial charge >= 0.3 is 0 Å². The minimum Gasteiger partial charge on any atom is -0.375 e. The van der Waals surface area contributed by atoms with Crippen molar-refractivity contribution < 1.29 is 21.9 Å². The molecule has 0 radical (unpaired) electrons. The first-order valence-corrected chi connectivity index (χ1v) is 15.1. The van der Waals surface area contributed by atoms with Crippen LogP contribution >= 0.6 is 0 Å². The van der Waals surface area contributed by atoms with Crippen molar-refractivity contribution in [2.75, 3.05) is 23.9 Å². The summed E-state index contributed by atoms with van der Waals surface area (Å²) in [5.41, 5.74) is 9.30. The maximum atomic E-state index is 14.7. The Labute approximate surface area is 231 Å². The monoisotopic (exact) mass is 570 g/mol. The highest BCUT2D eigenvalue weighted by molar-refractivity contribution is 7.90. The van der Waals surface area contributed by atoms with Crippen LogP contribution in [-0.4, -0.2) is 58.8 Å². The number of nitrogens with zero attached hydrogens (tertiary/aromatic N) is 4. The van der Waals surface area contributed by atoms with Crippen LogP contribution in [0.4, 0.5) is 20.4 Å². The van der Waals surface area contributed by atoms with Crippen LogP contribution in [0.3, 0.4) is 0 Å². The first-order chi connectivity index (χ1) is 19.0. The molecule has 212 valence electrons. The van der Waals surface area contributed by atoms with Crippen LogP contribution < -0.4 is 11.1 Å². The third-order valence-electron chi connectivity index (χ3n) is 7.33. The van der Waals surface area contributed by atoms with Crippen molar-refractivity contribution in [1.82, 2.24) is 19.6 Å². The second-order valence-corrected chi connectivity index (χ2v) is 12.9. The van der Waals surface area contributed by atoms with Gasteiger partial charge in [0, 0.05) is 18.5 Å². The van der Waals surface area contributed by atoms with E-state index in [0.29, 0.717) is 23.4 Å². The Morgan fingerprint density at radius 1 is 1.15 bits per heavy atom. The number of nitrogens with one attached hydrogen (secondary N) is 1. The number of fused-ring (bicyclic) bond motifs is 1. The van der Waals surface area contributed by atoms with E-state index in [1.807, 2.05) is 6.07 Å². The molecule has 1 aliphatic rings. The number of benzene rings is 1. The lowest BCUT2D eigenvalue weighted by molar-refractivity contribution is -0.0152. The lowest BCUT2D eigenvalue weighted by Crippen LogP contribution is -2.47. The fourth-order valence-corrected chi connectivity index (χ4v) is 5.87. The number of hydrogen-bond donors (Lipinski definition) is 2. The van der Waals surface area contributed by atoms with Crippen molar-refractivity contribution in [2.45, 2.75) is 44.8 Å². The van der Waals surface area contributed by atoms with Gasteiger partial charge in [0.15, 0.2) is 0 Å². The zero-order valence-electron chi connectivity index (χ0n) is 22.5. The number of pyridine rings is 1. The maximum Gasteiger partial charge on any atom is 0.229 e. The predicted octanol–water partition coefficient (Wildman–Crippen LogP) is 4.39. The second-order valence-electron chi connectivity index (χ2n) is 10.6. The first kappa shape index (κ1) is 28.1. The molecule has 1 fully saturated rings. The Morgan fingerprint density at radius 2 is 1.90 bits per heavy atom. The summed E-state index contributed by atoms with van der Waals surface area (Å²) in [5.74, 6) is -0.845. The third-order valence-corrected chi connectivity index (χ3v) is 8.24. The van der Waals surface area contributed by atoms with E-state index in [-0.39, 0.29) is 47.6 Å². The Morgan fingerprint density at radius 3 is 2.60 bits per heavy atom. The molecule has 0 amide bonds. The molecular formula is C28H32F2N6O3S. The van der Waals surface area contributed by atoms with Crippen molar-refractivity contribution >= 4 is 27.0 Å². The number of nitrogens with two attached hydrogens (primary N) is 1. The van der Waals surface area contributed by atoms with Crippen molar-refractivity contribution in [3.8, 4) is 11.3 Å². The van der Waals surface area contributed by atoms with E-state index < -0.39 is 21.5 Å². The van der Waals surface area contributed by atoms with Crippen LogP contribution in [0.15, 0.2) is 48.9 Å². The van der Waals surface area contributed by atoms with Crippen LogP contribution in [0.5, 0.6) is 0 Å². The molecule has 40 heavy (non-hydrogen) atoms. The predicted molar refractivity (Wildman–Crippen MR) is 149 cm³/mol. The molecule has 4 unspecified atom stereocenters. The molecule has 0 spiro atoms. The standard InChI is InChI=1S/C28H32F2N6O3S/c1-16-10-21(29)26(22(30)11-16)24-5-4-19-14-33-28(36(19)35-24)34-25-15-32-7-6-20(25)18-12-17(2)27(23(31)13-18)39-8-9-40(3,37)38/h4-7,10-11,14-15,17-18,23,27H,8-9,12-13,31H2,1-3H3,(H,33,34). The summed E-state index contributed by atoms with van der Waals surface area (Å²) < 4.78 is 59.7. The highest BCUT2D eigenvalue weighted by Crippen LogP contribution is 2.40. The molecule has 3 aromatic heterocycles. The van der Waals surface area contributed by atoms with Crippen molar-refractivity contribution in [3.63, 3.8) is 0 Å². The second kappa shape index (κ2) is 11.2. The molecule has 5 rings (SSSR count). The molecule has 9 nitrogen and oxygen atoms in total. The van der Waals surface area contributed by atoms with Crippen molar-refractivity contribution in [3.05, 3.63) is 71.7 Å². The van der Waals surface area contributed by atoms with Gasteiger partial charge in [0.2, 0.25) is 5.95 Å². The van der Waals surface area contributed by atoms with Gasteiger partial charge in [0.25, 0.3) is 0 Å². The minimum absolute atomic E-state index is 0.0397. The van der Waals surface area contributed by atoms with Gasteiger partial charge in [-0.3, -0.25) is 4.98 Å². The van der Waals surface area contributed by atoms with Crippen LogP contribution in [0.2, 0.25) is 0 Å². The third kappa shape index (κ3) is 5.98. The molecule has 0 aliphatic heterocycles. The molecule has 0 saturated heterocycles. The van der Waals surface area contributed by atoms with Gasteiger partial charge < -0.3 is 15.8 Å². The average molecular weight is 571 g/mol. The molecule has 3 heterocycles. The van der Waals surface area contributed by atoms with E-state index in [4.69, 9.17) is 10.5 Å². The lowest BCUT2D eigenvalue weighted by Gasteiger charge is -2.39. The van der Waals surface area contributed by atoms with E-state index in [9.17, 15) is 17.2 Å². The first-order valence-electron chi connectivity index (χ1n) is 13.1. The van der Waals surface area contributed by atoms with Gasteiger partial charge in [-0.15, -0.1) is 0 Å². The van der Waals surface area contributed by atoms with Gasteiger partial charge in [-0.05, 0) is 73.1 Å². The molecule has 12 heteroatoms. The van der Waals surface area contributed by atoms with Gasteiger partial charge in [0.05, 0.1) is 53.3 Å². The number of rotatable bonds is 8. The number of imidazole rings is 1. The number of sulfone groups is 1. The van der Waals surface area contributed by atoms with Gasteiger partial charge in [-0.1, -0.05) is 6.92 Å². The summed E-state index contributed by atoms with van der Waals surface area (Å²) in [6.07, 6.45) is 7.41. The zero-order chi connectivity index (χ0) is 28.6. The summed E-state index contributed by atoms with van der Waals surface area (Å²) in [6.45, 7) is 3.80. The van der Waals surface area contributed by atoms with E-state index in [2.05, 4.69) is 27.3 Å². The Bertz CT molecular complexity index is 1610. The van der Waals surface area contributed by atoms with E-state index in [0.717, 1.165) is 17.7 Å². The summed E-state index contributed by atoms with van der Waals surface area (Å²) in [7, 11) is -3.12. The maximum absolute atomic E-state index is 14.7. The Balaban J connectivity index is 1.39. The van der Waals surface area contributed by atoms with Crippen LogP contribution in [0, 0.1) is 24.5 Å². The normalized spacial score (nSPS) is 21.6. The summed E-state index contributed by atoms with van der Waals surface area (Å²) in [4.78, 5) is 8.73. The Kier molecular flexibility index (Phi) is 7.85. The number of aryl methyl sites for hydroxylation is 1. The molecule has 4 atom stereocenters. The van der Waals surface area contributed by atoms with E-state index in [1.54, 1.807) is 37.6 Å². The summed E-state index contributed by atoms with van der Waals surface area (Å²) >= 11 is 0. The molecule has 4 aromatic rings. The van der Waals surface area contributed by atoms with E-state index in [1.165, 1.54) is 22.9 Å². The van der Waals surface area contributed by atoms with Crippen LogP contribution in [0.25, 0.3) is 16.8 Å². The molecule has 0 bridgehead atoms. The topological polar surface area (TPSA) is 124 Å². The zero-order valence-corrected chi connectivity index (χ0v) is 23.3. The van der Waals surface area contributed by atoms with Gasteiger partial charge in [0.1, 0.15) is 21.5 Å². The quantitative estimate of drug-likeness (QED) is 0.320. The Hall–Kier alpha value is -3.48. The molecular weight excluding hydrogens is 538 g/mol. The molecule has 3 N–H and O–H groups in total. The summed E-state index contributed by atoms with van der Waals surface area (Å²) in [6, 6.07) is 7.47. The van der Waals surface area contributed by atoms with Crippen LogP contribution in [0.1, 0.15) is 36.8 Å². The SMILES string of the molecule is Cc1cc(F)c(-c2ccc3cnc(Nc4cnccc4C4CC(C)C(OCCS(C)(=O)=O)C(N)C4)n3n2)c(F)c1. The number of ether oxygens (including phenoxy) is 1. The number of aromatic nitrogens is 4. The van der Waals surface area contributed by atoms with Crippen molar-refractivity contribution in [2.24, 2.45) is 11.7 Å². The van der Waals surface area contributed by atoms with Crippen molar-refractivity contribution in [1.29, 1.82) is 0 Å².